The lowest BCUT2D eigenvalue weighted by Crippen LogP contribution is -2.39. The number of benzene rings is 1. The van der Waals surface area contributed by atoms with Crippen molar-refractivity contribution < 1.29 is 8.78 Å². The molecule has 9 heteroatoms. The van der Waals surface area contributed by atoms with Gasteiger partial charge in [-0.2, -0.15) is 0 Å². The van der Waals surface area contributed by atoms with Gasteiger partial charge in [0.15, 0.2) is 17.9 Å². The summed E-state index contributed by atoms with van der Waals surface area (Å²) in [5.41, 5.74) is 2.71. The maximum absolute atomic E-state index is 15.0. The third-order valence-electron chi connectivity index (χ3n) is 8.20. The van der Waals surface area contributed by atoms with E-state index < -0.39 is 17.9 Å². The van der Waals surface area contributed by atoms with E-state index in [9.17, 15) is 4.39 Å². The van der Waals surface area contributed by atoms with Crippen molar-refractivity contribution in [1.29, 1.82) is 0 Å². The fourth-order valence-corrected chi connectivity index (χ4v) is 5.92. The number of rotatable bonds is 7. The lowest BCUT2D eigenvalue weighted by molar-refractivity contribution is 0.139. The number of aromatic nitrogens is 3. The standard InChI is InChI=1S/C30H39F2N7/c1-17(2)38-11-9-21(10-12-38)19(5)22-7-8-27(33-15-22)36-30-34-16-25(32)28(37-30)23-13-24(31)29-26(14-23)39(18(3)4)20(6)35-29/h7-8,13-19,21,30,37H,9-12H2,1-6H3,(H,33,36)/t19-,30?/m0/s1. The van der Waals surface area contributed by atoms with Gasteiger partial charge in [0, 0.05) is 23.8 Å². The van der Waals surface area contributed by atoms with Gasteiger partial charge in [-0.3, -0.25) is 0 Å². The molecule has 1 fully saturated rings. The number of allylic oxidation sites excluding steroid dienone is 1. The van der Waals surface area contributed by atoms with Crippen molar-refractivity contribution in [1.82, 2.24) is 24.8 Å². The summed E-state index contributed by atoms with van der Waals surface area (Å²) in [6, 6.07) is 7.83. The minimum Gasteiger partial charge on any atom is -0.344 e. The Bertz CT molecular complexity index is 1380. The first-order valence-electron chi connectivity index (χ1n) is 14.0. The van der Waals surface area contributed by atoms with E-state index in [1.165, 1.54) is 24.5 Å². The first-order chi connectivity index (χ1) is 18.6. The van der Waals surface area contributed by atoms with Gasteiger partial charge in [0.2, 0.25) is 0 Å². The van der Waals surface area contributed by atoms with Crippen molar-refractivity contribution in [3.8, 4) is 0 Å². The van der Waals surface area contributed by atoms with Crippen LogP contribution in [0.3, 0.4) is 0 Å². The molecule has 7 nitrogen and oxygen atoms in total. The topological polar surface area (TPSA) is 70.4 Å². The van der Waals surface area contributed by atoms with Crippen LogP contribution in [-0.4, -0.2) is 51.1 Å². The van der Waals surface area contributed by atoms with Gasteiger partial charge >= 0.3 is 0 Å². The number of nitrogens with one attached hydrogen (secondary N) is 2. The average molecular weight is 536 g/mol. The molecule has 1 saturated heterocycles. The Morgan fingerprint density at radius 3 is 2.41 bits per heavy atom. The summed E-state index contributed by atoms with van der Waals surface area (Å²) >= 11 is 0. The predicted molar refractivity (Wildman–Crippen MR) is 154 cm³/mol. The zero-order valence-electron chi connectivity index (χ0n) is 23.7. The van der Waals surface area contributed by atoms with Crippen LogP contribution in [0.1, 0.15) is 76.4 Å². The van der Waals surface area contributed by atoms with Crippen molar-refractivity contribution >= 4 is 28.8 Å². The number of imidazole rings is 1. The van der Waals surface area contributed by atoms with Crippen LogP contribution in [0.5, 0.6) is 0 Å². The molecular formula is C30H39F2N7. The van der Waals surface area contributed by atoms with Gasteiger partial charge in [0.1, 0.15) is 17.2 Å². The summed E-state index contributed by atoms with van der Waals surface area (Å²) in [6.07, 6.45) is 4.84. The SMILES string of the molecule is Cc1nc2c(F)cc(C3=C(F)C=NC(Nc4ccc([C@@H](C)C5CCN(C(C)C)CC5)cn4)N3)cc2n1C(C)C. The molecule has 5 rings (SSSR count). The predicted octanol–water partition coefficient (Wildman–Crippen LogP) is 6.39. The second-order valence-electron chi connectivity index (χ2n) is 11.4. The Labute approximate surface area is 229 Å². The van der Waals surface area contributed by atoms with E-state index in [1.807, 2.05) is 37.6 Å². The Hall–Kier alpha value is -3.33. The van der Waals surface area contributed by atoms with Gasteiger partial charge in [-0.1, -0.05) is 13.0 Å². The number of nitrogens with zero attached hydrogens (tertiary/aromatic N) is 5. The number of hydrogen-bond acceptors (Lipinski definition) is 6. The molecule has 39 heavy (non-hydrogen) atoms. The monoisotopic (exact) mass is 535 g/mol. The molecular weight excluding hydrogens is 496 g/mol. The third-order valence-corrected chi connectivity index (χ3v) is 8.20. The van der Waals surface area contributed by atoms with Crippen molar-refractivity contribution in [3.05, 3.63) is 59.1 Å². The zero-order chi connectivity index (χ0) is 27.8. The molecule has 1 aromatic carbocycles. The second kappa shape index (κ2) is 11.0. The van der Waals surface area contributed by atoms with Crippen LogP contribution >= 0.6 is 0 Å². The van der Waals surface area contributed by atoms with Crippen LogP contribution in [0.4, 0.5) is 14.6 Å². The summed E-state index contributed by atoms with van der Waals surface area (Å²) in [5.74, 6) is 1.39. The highest BCUT2D eigenvalue weighted by Gasteiger charge is 2.26. The molecule has 0 saturated carbocycles. The molecule has 2 aliphatic rings. The van der Waals surface area contributed by atoms with Crippen LogP contribution in [0.15, 0.2) is 41.3 Å². The average Bonchev–Trinajstić information content (AvgIpc) is 3.26. The quantitative estimate of drug-likeness (QED) is 0.367. The number of anilines is 1. The number of halogens is 2. The van der Waals surface area contributed by atoms with Gasteiger partial charge in [0.05, 0.1) is 17.4 Å². The smallest absolute Gasteiger partial charge is 0.195 e. The molecule has 1 unspecified atom stereocenters. The zero-order valence-corrected chi connectivity index (χ0v) is 23.7. The minimum atomic E-state index is -0.647. The van der Waals surface area contributed by atoms with E-state index in [-0.39, 0.29) is 17.3 Å². The number of aliphatic imine (C=N–C) groups is 1. The molecule has 3 aromatic rings. The molecule has 0 radical (unpaired) electrons. The van der Waals surface area contributed by atoms with Crippen LogP contribution in [0.2, 0.25) is 0 Å². The molecule has 2 N–H and O–H groups in total. The summed E-state index contributed by atoms with van der Waals surface area (Å²) in [5, 5.41) is 6.28. The van der Waals surface area contributed by atoms with Crippen LogP contribution in [-0.2, 0) is 0 Å². The maximum atomic E-state index is 15.0. The van der Waals surface area contributed by atoms with Gasteiger partial charge in [0.25, 0.3) is 0 Å². The molecule has 2 aromatic heterocycles. The van der Waals surface area contributed by atoms with Crippen molar-refractivity contribution in [2.75, 3.05) is 18.4 Å². The summed E-state index contributed by atoms with van der Waals surface area (Å²) in [6.45, 7) is 15.0. The Kier molecular flexibility index (Phi) is 7.71. The highest BCUT2D eigenvalue weighted by atomic mass is 19.1. The summed E-state index contributed by atoms with van der Waals surface area (Å²) in [7, 11) is 0. The van der Waals surface area contributed by atoms with Crippen molar-refractivity contribution in [2.45, 2.75) is 78.7 Å². The number of piperidine rings is 1. The number of hydrogen-bond donors (Lipinski definition) is 2. The van der Waals surface area contributed by atoms with E-state index >= 15 is 4.39 Å². The fourth-order valence-electron chi connectivity index (χ4n) is 5.92. The molecule has 0 aliphatic carbocycles. The van der Waals surface area contributed by atoms with E-state index in [0.717, 1.165) is 19.3 Å². The van der Waals surface area contributed by atoms with Crippen LogP contribution < -0.4 is 10.6 Å². The summed E-state index contributed by atoms with van der Waals surface area (Å²) < 4.78 is 31.9. The lowest BCUT2D eigenvalue weighted by Gasteiger charge is -2.37. The largest absolute Gasteiger partial charge is 0.344 e. The van der Waals surface area contributed by atoms with E-state index in [0.29, 0.717) is 40.6 Å². The van der Waals surface area contributed by atoms with Crippen molar-refractivity contribution in [3.63, 3.8) is 0 Å². The molecule has 2 aliphatic heterocycles. The van der Waals surface area contributed by atoms with E-state index in [2.05, 4.69) is 57.3 Å². The van der Waals surface area contributed by atoms with Gasteiger partial charge in [-0.05, 0) is 96.1 Å². The highest BCUT2D eigenvalue weighted by molar-refractivity contribution is 5.92. The molecule has 2 atom stereocenters. The highest BCUT2D eigenvalue weighted by Crippen LogP contribution is 2.33. The third kappa shape index (κ3) is 5.55. The van der Waals surface area contributed by atoms with Crippen LogP contribution in [0.25, 0.3) is 16.7 Å². The van der Waals surface area contributed by atoms with E-state index in [1.54, 1.807) is 6.07 Å². The number of likely N-dealkylation sites (tertiary alicyclic amines) is 1. The normalized spacial score (nSPS) is 19.8. The number of aryl methyl sites for hydroxylation is 1. The second-order valence-corrected chi connectivity index (χ2v) is 11.4. The van der Waals surface area contributed by atoms with E-state index in [4.69, 9.17) is 0 Å². The van der Waals surface area contributed by atoms with Gasteiger partial charge < -0.3 is 20.1 Å². The lowest BCUT2D eigenvalue weighted by atomic mass is 9.81. The first-order valence-corrected chi connectivity index (χ1v) is 14.0. The Balaban J connectivity index is 1.28. The van der Waals surface area contributed by atoms with Gasteiger partial charge in [-0.15, -0.1) is 0 Å². The van der Waals surface area contributed by atoms with Gasteiger partial charge in [-0.25, -0.2) is 23.7 Å². The molecule has 208 valence electrons. The Morgan fingerprint density at radius 1 is 1.03 bits per heavy atom. The maximum Gasteiger partial charge on any atom is 0.195 e. The minimum absolute atomic E-state index is 0.0865. The first kappa shape index (κ1) is 27.2. The molecule has 0 spiro atoms. The molecule has 0 bridgehead atoms. The molecule has 0 amide bonds. The number of pyridine rings is 1. The summed E-state index contributed by atoms with van der Waals surface area (Å²) in [4.78, 5) is 15.8. The fraction of sp³-hybridized carbons (Fsp3) is 0.500. The number of fused-ring (bicyclic) bond motifs is 1. The molecule has 4 heterocycles. The Morgan fingerprint density at radius 2 is 1.77 bits per heavy atom. The van der Waals surface area contributed by atoms with Crippen LogP contribution in [0, 0.1) is 18.7 Å². The van der Waals surface area contributed by atoms with Crippen molar-refractivity contribution in [2.24, 2.45) is 10.9 Å².